The number of amides is 1. The lowest BCUT2D eigenvalue weighted by Crippen LogP contribution is -2.22. The fourth-order valence-electron chi connectivity index (χ4n) is 2.76. The third-order valence-corrected chi connectivity index (χ3v) is 4.12. The second-order valence-corrected chi connectivity index (χ2v) is 6.01. The van der Waals surface area contributed by atoms with Gasteiger partial charge in [0.15, 0.2) is 11.5 Å². The number of furan rings is 1. The summed E-state index contributed by atoms with van der Waals surface area (Å²) in [5.74, 6) is 4.31. The molecule has 138 valence electrons. The van der Waals surface area contributed by atoms with Gasteiger partial charge in [-0.15, -0.1) is 6.42 Å². The number of benzene rings is 2. The topological polar surface area (TPSA) is 60.7 Å². The number of methoxy groups -OCH3 is 1. The Morgan fingerprint density at radius 1 is 1.19 bits per heavy atom. The zero-order valence-electron chi connectivity index (χ0n) is 15.2. The van der Waals surface area contributed by atoms with Crippen LogP contribution in [-0.4, -0.2) is 19.6 Å². The number of terminal acetylenes is 1. The molecule has 0 aliphatic heterocycles. The minimum atomic E-state index is -0.0397. The first-order valence-electron chi connectivity index (χ1n) is 8.67. The summed E-state index contributed by atoms with van der Waals surface area (Å²) in [5.41, 5.74) is 1.81. The Bertz CT molecular complexity index is 935. The lowest BCUT2D eigenvalue weighted by molar-refractivity contribution is -0.121. The first-order chi connectivity index (χ1) is 13.2. The van der Waals surface area contributed by atoms with Crippen molar-refractivity contribution in [1.82, 2.24) is 5.32 Å². The van der Waals surface area contributed by atoms with Crippen molar-refractivity contribution in [2.75, 3.05) is 13.7 Å². The first kappa shape index (κ1) is 18.4. The van der Waals surface area contributed by atoms with Crippen molar-refractivity contribution >= 4 is 16.9 Å². The molecule has 5 heteroatoms. The average Bonchev–Trinajstić information content (AvgIpc) is 3.12. The van der Waals surface area contributed by atoms with E-state index >= 15 is 0 Å². The zero-order valence-corrected chi connectivity index (χ0v) is 15.2. The summed E-state index contributed by atoms with van der Waals surface area (Å²) in [4.78, 5) is 12.1. The van der Waals surface area contributed by atoms with Gasteiger partial charge in [0.25, 0.3) is 0 Å². The summed E-state index contributed by atoms with van der Waals surface area (Å²) >= 11 is 0. The largest absolute Gasteiger partial charge is 0.493 e. The molecule has 1 N–H and O–H groups in total. The van der Waals surface area contributed by atoms with E-state index in [0.29, 0.717) is 30.9 Å². The summed E-state index contributed by atoms with van der Waals surface area (Å²) in [6.07, 6.45) is 6.17. The number of aryl methyl sites for hydroxylation is 1. The van der Waals surface area contributed by atoms with Crippen LogP contribution in [-0.2, 0) is 17.8 Å². The number of rotatable bonds is 8. The SMILES string of the molecule is C#CCOc1ccc(CCC(=O)NCc2cc3ccccc3o2)cc1OC. The maximum Gasteiger partial charge on any atom is 0.220 e. The van der Waals surface area contributed by atoms with Gasteiger partial charge in [-0.2, -0.15) is 0 Å². The van der Waals surface area contributed by atoms with Crippen LogP contribution in [0.15, 0.2) is 52.9 Å². The van der Waals surface area contributed by atoms with Crippen molar-refractivity contribution in [2.24, 2.45) is 0 Å². The molecule has 5 nitrogen and oxygen atoms in total. The van der Waals surface area contributed by atoms with Gasteiger partial charge in [0.2, 0.25) is 5.91 Å². The van der Waals surface area contributed by atoms with E-state index < -0.39 is 0 Å². The van der Waals surface area contributed by atoms with E-state index in [9.17, 15) is 4.79 Å². The van der Waals surface area contributed by atoms with Crippen LogP contribution in [0, 0.1) is 12.3 Å². The van der Waals surface area contributed by atoms with Crippen molar-refractivity contribution in [3.63, 3.8) is 0 Å². The van der Waals surface area contributed by atoms with E-state index in [1.54, 1.807) is 13.2 Å². The number of carbonyl (C=O) groups excluding carboxylic acids is 1. The predicted molar refractivity (Wildman–Crippen MR) is 104 cm³/mol. The number of hydrogen-bond donors (Lipinski definition) is 1. The van der Waals surface area contributed by atoms with Crippen LogP contribution in [0.1, 0.15) is 17.7 Å². The summed E-state index contributed by atoms with van der Waals surface area (Å²) < 4.78 is 16.4. The van der Waals surface area contributed by atoms with Crippen LogP contribution in [0.4, 0.5) is 0 Å². The quantitative estimate of drug-likeness (QED) is 0.620. The van der Waals surface area contributed by atoms with E-state index in [4.69, 9.17) is 20.3 Å². The van der Waals surface area contributed by atoms with Crippen LogP contribution in [0.5, 0.6) is 11.5 Å². The number of nitrogens with one attached hydrogen (secondary N) is 1. The van der Waals surface area contributed by atoms with E-state index in [0.717, 1.165) is 22.3 Å². The molecular weight excluding hydrogens is 342 g/mol. The Kier molecular flexibility index (Phi) is 6.01. The summed E-state index contributed by atoms with van der Waals surface area (Å²) in [7, 11) is 1.57. The molecule has 0 saturated heterocycles. The van der Waals surface area contributed by atoms with E-state index in [2.05, 4.69) is 11.2 Å². The van der Waals surface area contributed by atoms with E-state index in [1.165, 1.54) is 0 Å². The molecule has 1 heterocycles. The smallest absolute Gasteiger partial charge is 0.220 e. The van der Waals surface area contributed by atoms with Crippen LogP contribution in [0.25, 0.3) is 11.0 Å². The lowest BCUT2D eigenvalue weighted by Gasteiger charge is -2.10. The van der Waals surface area contributed by atoms with Gasteiger partial charge in [0, 0.05) is 11.8 Å². The summed E-state index contributed by atoms with van der Waals surface area (Å²) in [5, 5.41) is 3.92. The second-order valence-electron chi connectivity index (χ2n) is 6.01. The van der Waals surface area contributed by atoms with E-state index in [1.807, 2.05) is 42.5 Å². The zero-order chi connectivity index (χ0) is 19.1. The molecule has 0 fully saturated rings. The number of fused-ring (bicyclic) bond motifs is 1. The van der Waals surface area contributed by atoms with Gasteiger partial charge in [0.05, 0.1) is 13.7 Å². The van der Waals surface area contributed by atoms with Crippen molar-refractivity contribution < 1.29 is 18.7 Å². The van der Waals surface area contributed by atoms with Crippen LogP contribution >= 0.6 is 0 Å². The highest BCUT2D eigenvalue weighted by Gasteiger charge is 2.09. The molecule has 1 aromatic heterocycles. The molecule has 0 spiro atoms. The molecule has 0 atom stereocenters. The molecule has 0 radical (unpaired) electrons. The fraction of sp³-hybridized carbons (Fsp3) is 0.227. The Balaban J connectivity index is 1.52. The molecule has 0 saturated carbocycles. The highest BCUT2D eigenvalue weighted by Crippen LogP contribution is 2.28. The summed E-state index contributed by atoms with van der Waals surface area (Å²) in [6, 6.07) is 15.3. The Hall–Kier alpha value is -3.39. The van der Waals surface area contributed by atoms with Gasteiger partial charge in [-0.05, 0) is 36.2 Å². The monoisotopic (exact) mass is 363 g/mol. The van der Waals surface area contributed by atoms with Gasteiger partial charge in [-0.3, -0.25) is 4.79 Å². The Labute approximate surface area is 158 Å². The number of hydrogen-bond acceptors (Lipinski definition) is 4. The third-order valence-electron chi connectivity index (χ3n) is 4.12. The van der Waals surface area contributed by atoms with Crippen molar-refractivity contribution in [2.45, 2.75) is 19.4 Å². The third kappa shape index (κ3) is 4.83. The number of ether oxygens (including phenoxy) is 2. The predicted octanol–water partition coefficient (Wildman–Crippen LogP) is 3.70. The molecule has 1 amide bonds. The van der Waals surface area contributed by atoms with Crippen LogP contribution in [0.2, 0.25) is 0 Å². The molecule has 0 aliphatic rings. The molecule has 2 aromatic carbocycles. The molecular formula is C22H21NO4. The van der Waals surface area contributed by atoms with Crippen molar-refractivity contribution in [1.29, 1.82) is 0 Å². The molecule has 3 rings (SSSR count). The second kappa shape index (κ2) is 8.81. The number of carbonyl (C=O) groups is 1. The highest BCUT2D eigenvalue weighted by molar-refractivity contribution is 5.78. The fourth-order valence-corrected chi connectivity index (χ4v) is 2.76. The van der Waals surface area contributed by atoms with Gasteiger partial charge in [0.1, 0.15) is 18.0 Å². The maximum atomic E-state index is 12.1. The van der Waals surface area contributed by atoms with Gasteiger partial charge >= 0.3 is 0 Å². The Morgan fingerprint density at radius 2 is 2.04 bits per heavy atom. The van der Waals surface area contributed by atoms with Gasteiger partial charge in [-0.25, -0.2) is 0 Å². The maximum absolute atomic E-state index is 12.1. The average molecular weight is 363 g/mol. The van der Waals surface area contributed by atoms with Crippen LogP contribution < -0.4 is 14.8 Å². The molecule has 3 aromatic rings. The first-order valence-corrected chi connectivity index (χ1v) is 8.67. The normalized spacial score (nSPS) is 10.4. The standard InChI is InChI=1S/C22H21NO4/c1-3-12-26-20-10-8-16(13-21(20)25-2)9-11-22(24)23-15-18-14-17-6-4-5-7-19(17)27-18/h1,4-8,10,13-14H,9,11-12,15H2,2H3,(H,23,24). The van der Waals surface area contributed by atoms with Crippen molar-refractivity contribution in [3.05, 3.63) is 59.9 Å². The van der Waals surface area contributed by atoms with Gasteiger partial charge in [-0.1, -0.05) is 30.2 Å². The summed E-state index contributed by atoms with van der Waals surface area (Å²) in [6.45, 7) is 0.551. The van der Waals surface area contributed by atoms with Gasteiger partial charge < -0.3 is 19.2 Å². The van der Waals surface area contributed by atoms with Crippen LogP contribution in [0.3, 0.4) is 0 Å². The minimum absolute atomic E-state index is 0.0397. The lowest BCUT2D eigenvalue weighted by atomic mass is 10.1. The molecule has 0 aliphatic carbocycles. The minimum Gasteiger partial charge on any atom is -0.493 e. The number of para-hydroxylation sites is 1. The molecule has 0 unspecified atom stereocenters. The molecule has 27 heavy (non-hydrogen) atoms. The van der Waals surface area contributed by atoms with Crippen molar-refractivity contribution in [3.8, 4) is 23.8 Å². The molecule has 0 bridgehead atoms. The van der Waals surface area contributed by atoms with E-state index in [-0.39, 0.29) is 12.5 Å². The highest BCUT2D eigenvalue weighted by atomic mass is 16.5. The Morgan fingerprint density at radius 3 is 2.81 bits per heavy atom.